The van der Waals surface area contributed by atoms with Crippen LogP contribution in [0.5, 0.6) is 5.75 Å². The molecule has 0 aromatic heterocycles. The van der Waals surface area contributed by atoms with E-state index in [1.165, 1.54) is 12.8 Å². The summed E-state index contributed by atoms with van der Waals surface area (Å²) >= 11 is 0. The average molecular weight is 274 g/mol. The highest BCUT2D eigenvalue weighted by molar-refractivity contribution is 6.01. The predicted molar refractivity (Wildman–Crippen MR) is 74.2 cm³/mol. The Labute approximate surface area is 117 Å². The zero-order valence-electron chi connectivity index (χ0n) is 11.2. The number of imide groups is 1. The zero-order valence-corrected chi connectivity index (χ0v) is 11.2. The molecule has 1 atom stereocenters. The van der Waals surface area contributed by atoms with E-state index < -0.39 is 0 Å². The Morgan fingerprint density at radius 3 is 2.70 bits per heavy atom. The van der Waals surface area contributed by atoms with Crippen LogP contribution in [-0.2, 0) is 9.59 Å². The first-order valence-electron chi connectivity index (χ1n) is 6.99. The average Bonchev–Trinajstić information content (AvgIpc) is 3.19. The lowest BCUT2D eigenvalue weighted by Gasteiger charge is -2.22. The van der Waals surface area contributed by atoms with Crippen LogP contribution in [0.15, 0.2) is 18.2 Å². The molecule has 1 aromatic rings. The molecule has 1 heterocycles. The second-order valence-corrected chi connectivity index (χ2v) is 5.59. The van der Waals surface area contributed by atoms with Gasteiger partial charge in [0.15, 0.2) is 0 Å². The summed E-state index contributed by atoms with van der Waals surface area (Å²) in [5.74, 6) is 0.590. The number of nitrogens with two attached hydrogens (primary N) is 1. The van der Waals surface area contributed by atoms with Crippen molar-refractivity contribution in [1.82, 2.24) is 5.32 Å². The van der Waals surface area contributed by atoms with Crippen molar-refractivity contribution >= 4 is 17.5 Å². The number of piperidine rings is 1. The van der Waals surface area contributed by atoms with Crippen LogP contribution in [0.2, 0.25) is 0 Å². The van der Waals surface area contributed by atoms with Crippen molar-refractivity contribution < 1.29 is 14.3 Å². The zero-order chi connectivity index (χ0) is 14.1. The van der Waals surface area contributed by atoms with Crippen LogP contribution in [0.3, 0.4) is 0 Å². The molecule has 106 valence electrons. The summed E-state index contributed by atoms with van der Waals surface area (Å²) in [7, 11) is 0. The molecule has 5 nitrogen and oxygen atoms in total. The van der Waals surface area contributed by atoms with Crippen molar-refractivity contribution in [2.24, 2.45) is 5.92 Å². The van der Waals surface area contributed by atoms with E-state index in [-0.39, 0.29) is 17.7 Å². The number of rotatable bonds is 4. The van der Waals surface area contributed by atoms with E-state index in [2.05, 4.69) is 5.32 Å². The first-order chi connectivity index (χ1) is 9.61. The van der Waals surface area contributed by atoms with Crippen LogP contribution in [0, 0.1) is 5.92 Å². The van der Waals surface area contributed by atoms with Gasteiger partial charge in [0.05, 0.1) is 12.5 Å². The number of benzene rings is 1. The smallest absolute Gasteiger partial charge is 0.234 e. The maximum Gasteiger partial charge on any atom is 0.234 e. The molecule has 0 bridgehead atoms. The van der Waals surface area contributed by atoms with Crippen molar-refractivity contribution in [2.75, 3.05) is 12.3 Å². The summed E-state index contributed by atoms with van der Waals surface area (Å²) in [6.07, 6.45) is 3.34. The number of carbonyl (C=O) groups excluding carboxylic acids is 2. The Kier molecular flexibility index (Phi) is 3.34. The van der Waals surface area contributed by atoms with E-state index in [9.17, 15) is 9.59 Å². The molecule has 2 fully saturated rings. The van der Waals surface area contributed by atoms with Crippen LogP contribution >= 0.6 is 0 Å². The van der Waals surface area contributed by atoms with Gasteiger partial charge in [0.1, 0.15) is 5.75 Å². The highest BCUT2D eigenvalue weighted by atomic mass is 16.5. The fraction of sp³-hybridized carbons (Fsp3) is 0.467. The SMILES string of the molecule is Nc1cc(OCC2CC2)cc(C2CCC(=O)NC2=O)c1. The van der Waals surface area contributed by atoms with E-state index in [4.69, 9.17) is 10.5 Å². The molecule has 1 aromatic carbocycles. The minimum Gasteiger partial charge on any atom is -0.493 e. The van der Waals surface area contributed by atoms with E-state index in [0.29, 0.717) is 36.8 Å². The summed E-state index contributed by atoms with van der Waals surface area (Å²) in [6, 6.07) is 5.42. The number of nitrogen functional groups attached to an aromatic ring is 1. The minimum atomic E-state index is -0.320. The standard InChI is InChI=1S/C15H18N2O3/c16-11-5-10(13-3-4-14(18)17-15(13)19)6-12(7-11)20-8-9-1-2-9/h5-7,9,13H,1-4,8,16H2,(H,17,18,19). The van der Waals surface area contributed by atoms with Crippen LogP contribution < -0.4 is 15.8 Å². The summed E-state index contributed by atoms with van der Waals surface area (Å²) in [5, 5.41) is 2.37. The van der Waals surface area contributed by atoms with Crippen molar-refractivity contribution in [3.63, 3.8) is 0 Å². The second kappa shape index (κ2) is 5.15. The Morgan fingerprint density at radius 1 is 1.20 bits per heavy atom. The number of nitrogens with one attached hydrogen (secondary N) is 1. The lowest BCUT2D eigenvalue weighted by molar-refractivity contribution is -0.134. The third-order valence-corrected chi connectivity index (χ3v) is 3.78. The Hall–Kier alpha value is -2.04. The minimum absolute atomic E-state index is 0.208. The fourth-order valence-electron chi connectivity index (χ4n) is 2.44. The number of hydrogen-bond donors (Lipinski definition) is 2. The molecule has 1 saturated heterocycles. The number of anilines is 1. The number of hydrogen-bond acceptors (Lipinski definition) is 4. The van der Waals surface area contributed by atoms with Gasteiger partial charge >= 0.3 is 0 Å². The fourth-order valence-corrected chi connectivity index (χ4v) is 2.44. The van der Waals surface area contributed by atoms with E-state index in [1.807, 2.05) is 6.07 Å². The predicted octanol–water partition coefficient (Wildman–Crippen LogP) is 1.58. The molecule has 3 N–H and O–H groups in total. The maximum absolute atomic E-state index is 11.9. The Morgan fingerprint density at radius 2 is 2.00 bits per heavy atom. The number of carbonyl (C=O) groups is 2. The van der Waals surface area contributed by atoms with Gasteiger partial charge in [-0.3, -0.25) is 14.9 Å². The summed E-state index contributed by atoms with van der Waals surface area (Å²) in [4.78, 5) is 23.1. The molecular weight excluding hydrogens is 256 g/mol. The molecule has 0 spiro atoms. The molecule has 0 radical (unpaired) electrons. The van der Waals surface area contributed by atoms with Gasteiger partial charge in [-0.15, -0.1) is 0 Å². The Balaban J connectivity index is 1.77. The third kappa shape index (κ3) is 2.92. The van der Waals surface area contributed by atoms with Crippen LogP contribution in [-0.4, -0.2) is 18.4 Å². The largest absolute Gasteiger partial charge is 0.493 e. The lowest BCUT2D eigenvalue weighted by Crippen LogP contribution is -2.39. The molecular formula is C15H18N2O3. The van der Waals surface area contributed by atoms with Gasteiger partial charge in [-0.2, -0.15) is 0 Å². The second-order valence-electron chi connectivity index (χ2n) is 5.59. The first-order valence-corrected chi connectivity index (χ1v) is 6.99. The van der Waals surface area contributed by atoms with Gasteiger partial charge in [0, 0.05) is 18.2 Å². The van der Waals surface area contributed by atoms with Gasteiger partial charge in [-0.25, -0.2) is 0 Å². The van der Waals surface area contributed by atoms with Crippen molar-refractivity contribution in [1.29, 1.82) is 0 Å². The molecule has 3 rings (SSSR count). The van der Waals surface area contributed by atoms with E-state index in [1.54, 1.807) is 12.1 Å². The molecule has 1 unspecified atom stereocenters. The molecule has 2 amide bonds. The highest BCUT2D eigenvalue weighted by Gasteiger charge is 2.28. The van der Waals surface area contributed by atoms with E-state index in [0.717, 1.165) is 5.56 Å². The van der Waals surface area contributed by atoms with Crippen molar-refractivity contribution in [3.8, 4) is 5.75 Å². The number of amides is 2. The molecule has 1 aliphatic heterocycles. The lowest BCUT2D eigenvalue weighted by atomic mass is 9.90. The van der Waals surface area contributed by atoms with Crippen LogP contribution in [0.4, 0.5) is 5.69 Å². The third-order valence-electron chi connectivity index (χ3n) is 3.78. The van der Waals surface area contributed by atoms with Gasteiger partial charge in [0.2, 0.25) is 11.8 Å². The van der Waals surface area contributed by atoms with Gasteiger partial charge in [-0.1, -0.05) is 0 Å². The van der Waals surface area contributed by atoms with Gasteiger partial charge < -0.3 is 10.5 Å². The van der Waals surface area contributed by atoms with Crippen molar-refractivity contribution in [3.05, 3.63) is 23.8 Å². The van der Waals surface area contributed by atoms with Gasteiger partial charge in [-0.05, 0) is 42.9 Å². The van der Waals surface area contributed by atoms with Gasteiger partial charge in [0.25, 0.3) is 0 Å². The summed E-state index contributed by atoms with van der Waals surface area (Å²) < 4.78 is 5.72. The summed E-state index contributed by atoms with van der Waals surface area (Å²) in [5.41, 5.74) is 7.28. The topological polar surface area (TPSA) is 81.4 Å². The maximum atomic E-state index is 11.9. The molecule has 5 heteroatoms. The summed E-state index contributed by atoms with van der Waals surface area (Å²) in [6.45, 7) is 0.707. The highest BCUT2D eigenvalue weighted by Crippen LogP contribution is 2.32. The molecule has 20 heavy (non-hydrogen) atoms. The first kappa shape index (κ1) is 13.0. The molecule has 2 aliphatic rings. The van der Waals surface area contributed by atoms with Crippen LogP contribution in [0.1, 0.15) is 37.2 Å². The normalized spacial score (nSPS) is 22.5. The van der Waals surface area contributed by atoms with Crippen LogP contribution in [0.25, 0.3) is 0 Å². The molecule has 1 aliphatic carbocycles. The monoisotopic (exact) mass is 274 g/mol. The Bertz CT molecular complexity index is 552. The molecule has 1 saturated carbocycles. The van der Waals surface area contributed by atoms with Crippen molar-refractivity contribution in [2.45, 2.75) is 31.6 Å². The quantitative estimate of drug-likeness (QED) is 0.645. The van der Waals surface area contributed by atoms with E-state index >= 15 is 0 Å². The number of ether oxygens (including phenoxy) is 1.